The Morgan fingerprint density at radius 1 is 1.28 bits per heavy atom. The third-order valence-corrected chi connectivity index (χ3v) is 4.92. The van der Waals surface area contributed by atoms with E-state index in [1.54, 1.807) is 30.6 Å². The van der Waals surface area contributed by atoms with Crippen molar-refractivity contribution in [2.45, 2.75) is 19.4 Å². The molecule has 166 valence electrons. The number of carbonyl (C=O) groups excluding carboxylic acids is 2. The highest BCUT2D eigenvalue weighted by atomic mass is 16.6. The fourth-order valence-corrected chi connectivity index (χ4v) is 3.08. The van der Waals surface area contributed by atoms with Crippen molar-refractivity contribution in [3.8, 4) is 11.5 Å². The number of aromatic nitrogens is 4. The van der Waals surface area contributed by atoms with Crippen LogP contribution in [0.25, 0.3) is 17.4 Å². The van der Waals surface area contributed by atoms with E-state index in [-0.39, 0.29) is 11.7 Å². The number of nitrogens with two attached hydrogens (primary N) is 1. The first kappa shape index (κ1) is 21.1. The normalized spacial score (nSPS) is 17.1. The summed E-state index contributed by atoms with van der Waals surface area (Å²) in [6.07, 6.45) is 5.09. The molecule has 11 nitrogen and oxygen atoms in total. The second-order valence-electron chi connectivity index (χ2n) is 7.22. The van der Waals surface area contributed by atoms with Crippen molar-refractivity contribution in [3.05, 3.63) is 42.5 Å². The van der Waals surface area contributed by atoms with E-state index in [9.17, 15) is 9.59 Å². The van der Waals surface area contributed by atoms with Crippen molar-refractivity contribution in [1.82, 2.24) is 24.8 Å². The second-order valence-corrected chi connectivity index (χ2v) is 7.22. The first-order valence-electron chi connectivity index (χ1n) is 9.88. The van der Waals surface area contributed by atoms with Crippen molar-refractivity contribution in [2.75, 3.05) is 19.5 Å². The molecule has 1 amide bonds. The Balaban J connectivity index is 1.36. The molecule has 4 rings (SSSR count). The number of nitrogens with zero attached hydrogens (tertiary/aromatic N) is 4. The largest absolute Gasteiger partial charge is 0.489 e. The highest BCUT2D eigenvalue weighted by molar-refractivity contribution is 5.83. The van der Waals surface area contributed by atoms with Crippen LogP contribution in [0.1, 0.15) is 13.3 Å². The number of hydrogen-bond donors (Lipinski definition) is 2. The molecule has 0 spiro atoms. The average Bonchev–Trinajstić information content (AvgIpc) is 3.40. The standard InChI is InChI=1S/C21H22N6O5/c1-12(20(28)30-2)26-21(29)32-16-6-4-3-5-15(16)31-9-14-7-13(14)8-27-11-25-17-18(22)23-10-24-19(17)27/h3-6,8,10-12,14H,7,9H2,1-2H3,(H,26,29)(H2,22,23,24)/b13-8-. The van der Waals surface area contributed by atoms with E-state index < -0.39 is 18.1 Å². The number of nitrogens with one attached hydrogen (secondary N) is 1. The number of fused-ring (bicyclic) bond motifs is 1. The highest BCUT2D eigenvalue weighted by Crippen LogP contribution is 2.40. The van der Waals surface area contributed by atoms with E-state index in [0.717, 1.165) is 6.42 Å². The summed E-state index contributed by atoms with van der Waals surface area (Å²) in [7, 11) is 1.24. The number of hydrogen-bond acceptors (Lipinski definition) is 9. The molecule has 1 saturated carbocycles. The molecule has 0 bridgehead atoms. The lowest BCUT2D eigenvalue weighted by Gasteiger charge is -2.14. The third kappa shape index (κ3) is 4.61. The Bertz CT molecular complexity index is 1190. The molecule has 3 aromatic rings. The summed E-state index contributed by atoms with van der Waals surface area (Å²) in [4.78, 5) is 35.9. The van der Waals surface area contributed by atoms with E-state index in [1.807, 2.05) is 10.8 Å². The van der Waals surface area contributed by atoms with Crippen molar-refractivity contribution >= 4 is 35.2 Å². The minimum atomic E-state index is -0.834. The summed E-state index contributed by atoms with van der Waals surface area (Å²) in [5, 5.41) is 2.41. The molecule has 0 radical (unpaired) electrons. The third-order valence-electron chi connectivity index (χ3n) is 4.92. The Kier molecular flexibility index (Phi) is 5.88. The molecule has 1 aliphatic rings. The predicted octanol–water partition coefficient (Wildman–Crippen LogP) is 2.00. The molecule has 3 N–H and O–H groups in total. The second kappa shape index (κ2) is 8.92. The zero-order valence-corrected chi connectivity index (χ0v) is 17.5. The lowest BCUT2D eigenvalue weighted by molar-refractivity contribution is -0.142. The topological polar surface area (TPSA) is 143 Å². The number of benzene rings is 1. The first-order chi connectivity index (χ1) is 15.5. The van der Waals surface area contributed by atoms with Gasteiger partial charge in [-0.15, -0.1) is 0 Å². The minimum Gasteiger partial charge on any atom is -0.489 e. The number of nitrogen functional groups attached to an aromatic ring is 1. The predicted molar refractivity (Wildman–Crippen MR) is 115 cm³/mol. The van der Waals surface area contributed by atoms with Gasteiger partial charge in [0.05, 0.1) is 13.7 Å². The van der Waals surface area contributed by atoms with Gasteiger partial charge < -0.3 is 25.3 Å². The molecule has 2 atom stereocenters. The molecule has 0 saturated heterocycles. The molecule has 1 aliphatic carbocycles. The number of esters is 1. The van der Waals surface area contributed by atoms with Crippen LogP contribution in [0.15, 0.2) is 42.5 Å². The Hall–Kier alpha value is -4.15. The Morgan fingerprint density at radius 3 is 2.84 bits per heavy atom. The van der Waals surface area contributed by atoms with Crippen LogP contribution < -0.4 is 20.5 Å². The molecule has 11 heteroatoms. The Morgan fingerprint density at radius 2 is 2.06 bits per heavy atom. The lowest BCUT2D eigenvalue weighted by Crippen LogP contribution is -2.40. The fraction of sp³-hybridized carbons (Fsp3) is 0.286. The van der Waals surface area contributed by atoms with Gasteiger partial charge >= 0.3 is 12.1 Å². The van der Waals surface area contributed by atoms with Gasteiger partial charge in [0.25, 0.3) is 0 Å². The summed E-state index contributed by atoms with van der Waals surface area (Å²) >= 11 is 0. The van der Waals surface area contributed by atoms with Crippen LogP contribution in [0.5, 0.6) is 11.5 Å². The van der Waals surface area contributed by atoms with Gasteiger partial charge in [0.2, 0.25) is 0 Å². The van der Waals surface area contributed by atoms with E-state index in [4.69, 9.17) is 15.2 Å². The van der Waals surface area contributed by atoms with Gasteiger partial charge in [-0.2, -0.15) is 0 Å². The maximum absolute atomic E-state index is 12.1. The van der Waals surface area contributed by atoms with E-state index in [0.29, 0.717) is 29.3 Å². The number of ether oxygens (including phenoxy) is 3. The lowest BCUT2D eigenvalue weighted by atomic mass is 10.3. The zero-order chi connectivity index (χ0) is 22.7. The average molecular weight is 438 g/mol. The SMILES string of the molecule is COC(=O)C(C)NC(=O)Oc1ccccc1OCC1C/C1=C/n1cnc2c(N)ncnc21. The molecular formula is C21H22N6O5. The van der Waals surface area contributed by atoms with Crippen LogP contribution in [0, 0.1) is 5.92 Å². The molecule has 2 aromatic heterocycles. The van der Waals surface area contributed by atoms with Crippen LogP contribution in [0.3, 0.4) is 0 Å². The van der Waals surface area contributed by atoms with Gasteiger partial charge in [-0.1, -0.05) is 12.1 Å². The molecule has 1 aromatic carbocycles. The molecule has 2 heterocycles. The van der Waals surface area contributed by atoms with Gasteiger partial charge in [-0.05, 0) is 31.1 Å². The number of rotatable bonds is 7. The van der Waals surface area contributed by atoms with Crippen molar-refractivity contribution in [3.63, 3.8) is 0 Å². The summed E-state index contributed by atoms with van der Waals surface area (Å²) in [6.45, 7) is 1.91. The first-order valence-corrected chi connectivity index (χ1v) is 9.88. The molecule has 32 heavy (non-hydrogen) atoms. The quantitative estimate of drug-likeness (QED) is 0.529. The van der Waals surface area contributed by atoms with Gasteiger partial charge in [0.15, 0.2) is 28.5 Å². The van der Waals surface area contributed by atoms with Crippen LogP contribution in [0.2, 0.25) is 0 Å². The number of amides is 1. The van der Waals surface area contributed by atoms with E-state index >= 15 is 0 Å². The van der Waals surface area contributed by atoms with Gasteiger partial charge in [-0.25, -0.2) is 24.5 Å². The van der Waals surface area contributed by atoms with Crippen molar-refractivity contribution in [2.24, 2.45) is 5.92 Å². The zero-order valence-electron chi connectivity index (χ0n) is 17.5. The van der Waals surface area contributed by atoms with Gasteiger partial charge in [-0.3, -0.25) is 4.57 Å². The molecular weight excluding hydrogens is 416 g/mol. The van der Waals surface area contributed by atoms with Crippen LogP contribution in [-0.2, 0) is 9.53 Å². The summed E-state index contributed by atoms with van der Waals surface area (Å²) in [5.74, 6) is 0.658. The van der Waals surface area contributed by atoms with E-state index in [1.165, 1.54) is 25.9 Å². The summed E-state index contributed by atoms with van der Waals surface area (Å²) < 4.78 is 17.6. The Labute approximate surface area is 183 Å². The molecule has 2 unspecified atom stereocenters. The molecule has 0 aliphatic heterocycles. The van der Waals surface area contributed by atoms with Crippen molar-refractivity contribution < 1.29 is 23.8 Å². The molecule has 1 fully saturated rings. The minimum absolute atomic E-state index is 0.216. The van der Waals surface area contributed by atoms with Gasteiger partial charge in [0.1, 0.15) is 18.7 Å². The summed E-state index contributed by atoms with van der Waals surface area (Å²) in [6, 6.07) is 5.99. The smallest absolute Gasteiger partial charge is 0.413 e. The fourth-order valence-electron chi connectivity index (χ4n) is 3.08. The maximum Gasteiger partial charge on any atom is 0.413 e. The number of anilines is 1. The number of methoxy groups -OCH3 is 1. The van der Waals surface area contributed by atoms with Crippen LogP contribution >= 0.6 is 0 Å². The summed E-state index contributed by atoms with van der Waals surface area (Å²) in [5.41, 5.74) is 8.19. The number of para-hydroxylation sites is 2. The number of imidazole rings is 1. The monoisotopic (exact) mass is 438 g/mol. The van der Waals surface area contributed by atoms with Crippen LogP contribution in [0.4, 0.5) is 10.6 Å². The van der Waals surface area contributed by atoms with Crippen LogP contribution in [-0.4, -0.2) is 51.3 Å². The maximum atomic E-state index is 12.1. The number of carbonyl (C=O) groups is 2. The van der Waals surface area contributed by atoms with Crippen molar-refractivity contribution in [1.29, 1.82) is 0 Å². The van der Waals surface area contributed by atoms with E-state index in [2.05, 4.69) is 25.0 Å². The van der Waals surface area contributed by atoms with Gasteiger partial charge in [0, 0.05) is 12.1 Å². The highest BCUT2D eigenvalue weighted by Gasteiger charge is 2.31.